The van der Waals surface area contributed by atoms with Gasteiger partial charge in [-0.1, -0.05) is 31.2 Å². The molecule has 0 unspecified atom stereocenters. The Morgan fingerprint density at radius 2 is 1.58 bits per heavy atom. The van der Waals surface area contributed by atoms with Crippen LogP contribution in [-0.2, 0) is 22.5 Å². The number of nitrogens with zero attached hydrogens (tertiary/aromatic N) is 1. The van der Waals surface area contributed by atoms with Gasteiger partial charge in [-0.2, -0.15) is 0 Å². The predicted molar refractivity (Wildman–Crippen MR) is 116 cm³/mol. The van der Waals surface area contributed by atoms with Gasteiger partial charge in [0, 0.05) is 23.5 Å². The molecule has 3 aromatic rings. The Kier molecular flexibility index (Phi) is 7.23. The Hall–Kier alpha value is -3.41. The second-order valence-corrected chi connectivity index (χ2v) is 7.37. The van der Waals surface area contributed by atoms with E-state index in [1.54, 1.807) is 30.3 Å². The van der Waals surface area contributed by atoms with E-state index in [0.29, 0.717) is 17.9 Å². The number of halogens is 1. The van der Waals surface area contributed by atoms with Gasteiger partial charge in [0.05, 0.1) is 0 Å². The van der Waals surface area contributed by atoms with Gasteiger partial charge in [-0.15, -0.1) is 0 Å². The highest BCUT2D eigenvalue weighted by molar-refractivity contribution is 5.99. The average molecular weight is 423 g/mol. The summed E-state index contributed by atoms with van der Waals surface area (Å²) in [6.45, 7) is 5.71. The van der Waals surface area contributed by atoms with Crippen LogP contribution in [0.15, 0.2) is 54.6 Å². The monoisotopic (exact) mass is 423 g/mol. The highest BCUT2D eigenvalue weighted by Crippen LogP contribution is 2.18. The van der Waals surface area contributed by atoms with Crippen LogP contribution in [0, 0.1) is 19.7 Å². The Balaban J connectivity index is 1.55. The molecule has 0 spiro atoms. The molecule has 0 fully saturated rings. The summed E-state index contributed by atoms with van der Waals surface area (Å²) in [7, 11) is 0. The number of Topliss-reactive ketones (excluding diaryl/α,β-unsaturated/α-hetero) is 1. The molecule has 0 aliphatic carbocycles. The maximum atomic E-state index is 13.1. The van der Waals surface area contributed by atoms with Crippen molar-refractivity contribution < 1.29 is 23.5 Å². The van der Waals surface area contributed by atoms with Gasteiger partial charge in [0.2, 0.25) is 5.78 Å². The summed E-state index contributed by atoms with van der Waals surface area (Å²) in [6.07, 6.45) is 0.926. The van der Waals surface area contributed by atoms with Gasteiger partial charge in [-0.25, -0.2) is 9.18 Å². The van der Waals surface area contributed by atoms with E-state index in [9.17, 15) is 14.0 Å². The summed E-state index contributed by atoms with van der Waals surface area (Å²) in [4.78, 5) is 24.6. The Morgan fingerprint density at radius 3 is 2.23 bits per heavy atom. The molecule has 0 saturated carbocycles. The number of ether oxygens (including phenoxy) is 2. The van der Waals surface area contributed by atoms with Crippen LogP contribution < -0.4 is 4.74 Å². The number of hydrogen-bond acceptors (Lipinski definition) is 4. The number of aromatic nitrogens is 1. The quantitative estimate of drug-likeness (QED) is 0.371. The molecule has 3 rings (SSSR count). The number of carbonyl (C=O) groups is 2. The molecular weight excluding hydrogens is 397 g/mol. The van der Waals surface area contributed by atoms with Gasteiger partial charge < -0.3 is 14.0 Å². The molecule has 5 nitrogen and oxygen atoms in total. The smallest absolute Gasteiger partial charge is 0.344 e. The lowest BCUT2D eigenvalue weighted by atomic mass is 10.1. The molecule has 0 aliphatic heterocycles. The summed E-state index contributed by atoms with van der Waals surface area (Å²) < 4.78 is 25.6. The van der Waals surface area contributed by atoms with Gasteiger partial charge in [-0.05, 0) is 61.7 Å². The molecule has 0 bridgehead atoms. The molecule has 0 radical (unpaired) electrons. The van der Waals surface area contributed by atoms with E-state index in [2.05, 4.69) is 6.92 Å². The summed E-state index contributed by atoms with van der Waals surface area (Å²) in [6, 6.07) is 15.5. The number of aryl methyl sites for hydroxylation is 2. The lowest BCUT2D eigenvalue weighted by Gasteiger charge is -2.10. The maximum absolute atomic E-state index is 13.1. The molecule has 31 heavy (non-hydrogen) atoms. The zero-order valence-corrected chi connectivity index (χ0v) is 18.0. The summed E-state index contributed by atoms with van der Waals surface area (Å²) in [5.74, 6) is -0.596. The third kappa shape index (κ3) is 5.81. The maximum Gasteiger partial charge on any atom is 0.344 e. The van der Waals surface area contributed by atoms with E-state index in [1.165, 1.54) is 17.7 Å². The highest BCUT2D eigenvalue weighted by atomic mass is 19.1. The largest absolute Gasteiger partial charge is 0.482 e. The number of carbonyl (C=O) groups excluding carboxylic acids is 2. The molecule has 0 aliphatic rings. The van der Waals surface area contributed by atoms with E-state index in [-0.39, 0.29) is 24.8 Å². The number of hydrogen-bond donors (Lipinski definition) is 0. The molecule has 0 amide bonds. The molecule has 0 saturated heterocycles. The van der Waals surface area contributed by atoms with Crippen molar-refractivity contribution in [1.82, 2.24) is 4.57 Å². The van der Waals surface area contributed by atoms with Gasteiger partial charge in [0.15, 0.2) is 13.2 Å². The van der Waals surface area contributed by atoms with E-state index in [1.807, 2.05) is 30.5 Å². The Bertz CT molecular complexity index is 1050. The van der Waals surface area contributed by atoms with E-state index in [0.717, 1.165) is 23.4 Å². The molecule has 6 heteroatoms. The van der Waals surface area contributed by atoms with Gasteiger partial charge in [0.1, 0.15) is 11.6 Å². The zero-order chi connectivity index (χ0) is 22.4. The minimum atomic E-state index is -0.604. The first-order valence-corrected chi connectivity index (χ1v) is 10.2. The summed E-state index contributed by atoms with van der Waals surface area (Å²) >= 11 is 0. The molecule has 1 heterocycles. The molecular formula is C25H26FNO4. The van der Waals surface area contributed by atoms with Crippen LogP contribution in [0.5, 0.6) is 5.75 Å². The van der Waals surface area contributed by atoms with Crippen LogP contribution in [-0.4, -0.2) is 29.5 Å². The Morgan fingerprint density at radius 1 is 0.935 bits per heavy atom. The standard InChI is InChI=1S/C25H26FNO4/c1-4-19-7-11-22(12-8-19)30-16-25(29)31-15-24(28)23-13-17(2)27(18(23)3)14-20-5-9-21(26)10-6-20/h5-13H,4,14-16H2,1-3H3. The van der Waals surface area contributed by atoms with Crippen molar-refractivity contribution in [3.63, 3.8) is 0 Å². The third-order valence-electron chi connectivity index (χ3n) is 5.18. The number of esters is 1. The number of ketones is 1. The topological polar surface area (TPSA) is 57.5 Å². The van der Waals surface area contributed by atoms with E-state index >= 15 is 0 Å². The lowest BCUT2D eigenvalue weighted by Crippen LogP contribution is -2.20. The van der Waals surface area contributed by atoms with Crippen molar-refractivity contribution in [2.24, 2.45) is 0 Å². The second-order valence-electron chi connectivity index (χ2n) is 7.37. The first kappa shape index (κ1) is 22.3. The molecule has 162 valence electrons. The normalized spacial score (nSPS) is 10.7. The predicted octanol–water partition coefficient (Wildman–Crippen LogP) is 4.66. The fourth-order valence-electron chi connectivity index (χ4n) is 3.33. The second kappa shape index (κ2) is 10.1. The lowest BCUT2D eigenvalue weighted by molar-refractivity contribution is -0.144. The van der Waals surface area contributed by atoms with Crippen molar-refractivity contribution >= 4 is 11.8 Å². The van der Waals surface area contributed by atoms with Crippen LogP contribution in [0.4, 0.5) is 4.39 Å². The average Bonchev–Trinajstić information content (AvgIpc) is 3.06. The van der Waals surface area contributed by atoms with Crippen molar-refractivity contribution in [3.8, 4) is 5.75 Å². The zero-order valence-electron chi connectivity index (χ0n) is 18.0. The van der Waals surface area contributed by atoms with Crippen molar-refractivity contribution in [3.05, 3.63) is 88.5 Å². The van der Waals surface area contributed by atoms with Gasteiger partial charge in [-0.3, -0.25) is 4.79 Å². The van der Waals surface area contributed by atoms with Crippen molar-refractivity contribution in [1.29, 1.82) is 0 Å². The highest BCUT2D eigenvalue weighted by Gasteiger charge is 2.18. The first-order valence-electron chi connectivity index (χ1n) is 10.2. The fourth-order valence-corrected chi connectivity index (χ4v) is 3.33. The number of benzene rings is 2. The van der Waals surface area contributed by atoms with Crippen molar-refractivity contribution in [2.75, 3.05) is 13.2 Å². The fraction of sp³-hybridized carbons (Fsp3) is 0.280. The SMILES string of the molecule is CCc1ccc(OCC(=O)OCC(=O)c2cc(C)n(Cc3ccc(F)cc3)c2C)cc1. The number of rotatable bonds is 9. The molecule has 0 N–H and O–H groups in total. The summed E-state index contributed by atoms with van der Waals surface area (Å²) in [5.41, 5.74) is 4.28. The molecule has 0 atom stereocenters. The minimum Gasteiger partial charge on any atom is -0.482 e. The van der Waals surface area contributed by atoms with Crippen LogP contribution >= 0.6 is 0 Å². The third-order valence-corrected chi connectivity index (χ3v) is 5.18. The van der Waals surface area contributed by atoms with Gasteiger partial charge in [0.25, 0.3) is 0 Å². The van der Waals surface area contributed by atoms with Crippen LogP contribution in [0.3, 0.4) is 0 Å². The van der Waals surface area contributed by atoms with E-state index in [4.69, 9.17) is 9.47 Å². The molecule has 1 aromatic heterocycles. The van der Waals surface area contributed by atoms with E-state index < -0.39 is 5.97 Å². The van der Waals surface area contributed by atoms with Gasteiger partial charge >= 0.3 is 5.97 Å². The van der Waals surface area contributed by atoms with Crippen LogP contribution in [0.1, 0.15) is 39.8 Å². The first-order chi connectivity index (χ1) is 14.9. The van der Waals surface area contributed by atoms with Crippen molar-refractivity contribution in [2.45, 2.75) is 33.7 Å². The Labute approximate surface area is 181 Å². The van der Waals surface area contributed by atoms with Crippen LogP contribution in [0.25, 0.3) is 0 Å². The minimum absolute atomic E-state index is 0.262. The molecule has 2 aromatic carbocycles. The van der Waals surface area contributed by atoms with Crippen LogP contribution in [0.2, 0.25) is 0 Å². The summed E-state index contributed by atoms with van der Waals surface area (Å²) in [5, 5.41) is 0.